The number of benzene rings is 1. The van der Waals surface area contributed by atoms with Crippen molar-refractivity contribution in [1.29, 1.82) is 0 Å². The van der Waals surface area contributed by atoms with E-state index in [-0.39, 0.29) is 23.2 Å². The molecule has 3 rings (SSSR count). The number of fused-ring (bicyclic) bond motifs is 1. The number of ether oxygens (including phenoxy) is 1. The Labute approximate surface area is 144 Å². The first kappa shape index (κ1) is 17.2. The number of carbonyl (C=O) groups excluding carboxylic acids is 1. The maximum atomic E-state index is 12.7. The van der Waals surface area contributed by atoms with Gasteiger partial charge in [-0.1, -0.05) is 11.6 Å². The highest BCUT2D eigenvalue weighted by molar-refractivity contribution is 7.89. The Morgan fingerprint density at radius 2 is 2.21 bits per heavy atom. The molecule has 4 N–H and O–H groups in total. The molecule has 1 atom stereocenters. The maximum Gasteiger partial charge on any atom is 0.266 e. The number of hydrogen-bond acceptors (Lipinski definition) is 4. The first-order chi connectivity index (χ1) is 11.4. The van der Waals surface area contributed by atoms with Crippen molar-refractivity contribution in [2.75, 3.05) is 13.2 Å². The second kappa shape index (κ2) is 6.72. The van der Waals surface area contributed by atoms with E-state index in [1.54, 1.807) is 12.1 Å². The van der Waals surface area contributed by atoms with E-state index in [2.05, 4.69) is 9.71 Å². The van der Waals surface area contributed by atoms with Crippen LogP contribution in [0.1, 0.15) is 29.8 Å². The summed E-state index contributed by atoms with van der Waals surface area (Å²) in [5, 5.41) is 0.693. The number of hydrogen-bond donors (Lipinski definition) is 3. The molecule has 7 nitrogen and oxygen atoms in total. The number of halogens is 1. The molecule has 1 saturated heterocycles. The van der Waals surface area contributed by atoms with E-state index in [0.717, 1.165) is 19.3 Å². The summed E-state index contributed by atoms with van der Waals surface area (Å²) in [5.41, 5.74) is 5.64. The summed E-state index contributed by atoms with van der Waals surface area (Å²) in [4.78, 5) is 14.2. The number of nitrogens with one attached hydrogen (secondary N) is 2. The van der Waals surface area contributed by atoms with E-state index in [9.17, 15) is 13.2 Å². The van der Waals surface area contributed by atoms with E-state index < -0.39 is 15.9 Å². The van der Waals surface area contributed by atoms with Gasteiger partial charge in [0.15, 0.2) is 0 Å². The molecule has 1 aliphatic rings. The Balaban J connectivity index is 1.97. The van der Waals surface area contributed by atoms with E-state index in [1.165, 1.54) is 6.07 Å². The molecule has 0 radical (unpaired) electrons. The van der Waals surface area contributed by atoms with Crippen molar-refractivity contribution >= 4 is 38.4 Å². The molecule has 1 unspecified atom stereocenters. The van der Waals surface area contributed by atoms with E-state index in [4.69, 9.17) is 22.1 Å². The second-order valence-corrected chi connectivity index (χ2v) is 7.86. The van der Waals surface area contributed by atoms with Crippen LogP contribution in [0, 0.1) is 0 Å². The van der Waals surface area contributed by atoms with Crippen LogP contribution in [0.25, 0.3) is 10.9 Å². The van der Waals surface area contributed by atoms with Crippen molar-refractivity contribution in [3.05, 3.63) is 28.9 Å². The molecule has 24 heavy (non-hydrogen) atoms. The molecular formula is C15H18ClN3O4S. The zero-order valence-corrected chi connectivity index (χ0v) is 14.4. The predicted octanol–water partition coefficient (Wildman–Crippen LogP) is 1.77. The molecule has 0 aliphatic carbocycles. The number of nitrogens with two attached hydrogens (primary N) is 1. The van der Waals surface area contributed by atoms with E-state index in [0.29, 0.717) is 22.5 Å². The SMILES string of the molecule is NC(=O)c1[nH]c2ccc(Cl)cc2c1S(=O)(=O)NCC1CCCCO1. The molecule has 1 fully saturated rings. The van der Waals surface area contributed by atoms with Crippen molar-refractivity contribution in [3.63, 3.8) is 0 Å². The highest BCUT2D eigenvalue weighted by Gasteiger charge is 2.28. The van der Waals surface area contributed by atoms with Crippen LogP contribution >= 0.6 is 11.6 Å². The fraction of sp³-hybridized carbons (Fsp3) is 0.400. The smallest absolute Gasteiger partial charge is 0.266 e. The van der Waals surface area contributed by atoms with Crippen molar-refractivity contribution in [3.8, 4) is 0 Å². The largest absolute Gasteiger partial charge is 0.377 e. The Morgan fingerprint density at radius 1 is 1.42 bits per heavy atom. The van der Waals surface area contributed by atoms with Crippen molar-refractivity contribution < 1.29 is 17.9 Å². The van der Waals surface area contributed by atoms with Crippen LogP contribution in [-0.2, 0) is 14.8 Å². The molecule has 1 aromatic heterocycles. The summed E-state index contributed by atoms with van der Waals surface area (Å²) in [6, 6.07) is 4.70. The van der Waals surface area contributed by atoms with Crippen LogP contribution in [0.3, 0.4) is 0 Å². The van der Waals surface area contributed by atoms with Gasteiger partial charge in [0.25, 0.3) is 5.91 Å². The highest BCUT2D eigenvalue weighted by atomic mass is 35.5. The quantitative estimate of drug-likeness (QED) is 0.742. The Bertz CT molecular complexity index is 872. The lowest BCUT2D eigenvalue weighted by Crippen LogP contribution is -2.36. The number of H-pyrrole nitrogens is 1. The number of aromatic nitrogens is 1. The van der Waals surface area contributed by atoms with Gasteiger partial charge in [0.1, 0.15) is 10.6 Å². The molecule has 2 heterocycles. The fourth-order valence-electron chi connectivity index (χ4n) is 2.84. The fourth-order valence-corrected chi connectivity index (χ4v) is 4.44. The third-order valence-corrected chi connectivity index (χ3v) is 5.75. The van der Waals surface area contributed by atoms with Crippen LogP contribution in [0.5, 0.6) is 0 Å². The van der Waals surface area contributed by atoms with Gasteiger partial charge in [-0.3, -0.25) is 4.79 Å². The lowest BCUT2D eigenvalue weighted by atomic mass is 10.1. The molecule has 0 spiro atoms. The number of primary amides is 1. The van der Waals surface area contributed by atoms with Gasteiger partial charge in [0.05, 0.1) is 6.10 Å². The molecule has 1 aromatic carbocycles. The normalized spacial score (nSPS) is 18.8. The summed E-state index contributed by atoms with van der Waals surface area (Å²) < 4.78 is 33.5. The average Bonchev–Trinajstić information content (AvgIpc) is 2.94. The molecule has 1 aliphatic heterocycles. The third kappa shape index (κ3) is 3.41. The van der Waals surface area contributed by atoms with E-state index >= 15 is 0 Å². The molecule has 1 amide bonds. The minimum absolute atomic E-state index is 0.147. The Hall–Kier alpha value is -1.61. The zero-order chi connectivity index (χ0) is 17.3. The number of rotatable bonds is 5. The number of carbonyl (C=O) groups is 1. The summed E-state index contributed by atoms with van der Waals surface area (Å²) in [5.74, 6) is -0.850. The van der Waals surface area contributed by atoms with Crippen LogP contribution < -0.4 is 10.5 Å². The number of sulfonamides is 1. The standard InChI is InChI=1S/C15H18ClN3O4S/c16-9-4-5-12-11(7-9)14(13(19-12)15(17)20)24(21,22)18-8-10-3-1-2-6-23-10/h4-5,7,10,18-19H,1-3,6,8H2,(H2,17,20). The molecular weight excluding hydrogens is 354 g/mol. The minimum atomic E-state index is -3.96. The molecule has 9 heteroatoms. The monoisotopic (exact) mass is 371 g/mol. The Morgan fingerprint density at radius 3 is 2.88 bits per heavy atom. The van der Waals surface area contributed by atoms with Gasteiger partial charge in [-0.25, -0.2) is 13.1 Å². The van der Waals surface area contributed by atoms with Gasteiger partial charge >= 0.3 is 0 Å². The highest BCUT2D eigenvalue weighted by Crippen LogP contribution is 2.29. The number of aromatic amines is 1. The topological polar surface area (TPSA) is 114 Å². The summed E-state index contributed by atoms with van der Waals surface area (Å²) >= 11 is 5.96. The van der Waals surface area contributed by atoms with Crippen LogP contribution in [0.15, 0.2) is 23.1 Å². The number of amides is 1. The summed E-state index contributed by atoms with van der Waals surface area (Å²) in [7, 11) is -3.96. The minimum Gasteiger partial charge on any atom is -0.377 e. The van der Waals surface area contributed by atoms with Crippen LogP contribution in [0.2, 0.25) is 5.02 Å². The lowest BCUT2D eigenvalue weighted by Gasteiger charge is -2.22. The van der Waals surface area contributed by atoms with Crippen molar-refractivity contribution in [2.45, 2.75) is 30.3 Å². The maximum absolute atomic E-state index is 12.7. The first-order valence-corrected chi connectivity index (χ1v) is 9.47. The van der Waals surface area contributed by atoms with Gasteiger partial charge in [0.2, 0.25) is 10.0 Å². The second-order valence-electron chi connectivity index (χ2n) is 5.72. The average molecular weight is 372 g/mol. The van der Waals surface area contributed by atoms with Gasteiger partial charge < -0.3 is 15.5 Å². The van der Waals surface area contributed by atoms with Crippen LogP contribution in [0.4, 0.5) is 0 Å². The molecule has 2 aromatic rings. The molecule has 0 bridgehead atoms. The first-order valence-electron chi connectivity index (χ1n) is 7.61. The third-order valence-electron chi connectivity index (χ3n) is 4.00. The summed E-state index contributed by atoms with van der Waals surface area (Å²) in [6.07, 6.45) is 2.61. The van der Waals surface area contributed by atoms with Gasteiger partial charge in [-0.05, 0) is 37.5 Å². The van der Waals surface area contributed by atoms with Crippen LogP contribution in [-0.4, -0.2) is 38.6 Å². The van der Waals surface area contributed by atoms with Gasteiger partial charge in [0, 0.05) is 29.1 Å². The summed E-state index contributed by atoms with van der Waals surface area (Å²) in [6.45, 7) is 0.773. The van der Waals surface area contributed by atoms with E-state index in [1.807, 2.05) is 0 Å². The molecule has 130 valence electrons. The lowest BCUT2D eigenvalue weighted by molar-refractivity contribution is 0.0200. The van der Waals surface area contributed by atoms with Crippen molar-refractivity contribution in [2.24, 2.45) is 5.73 Å². The predicted molar refractivity (Wildman–Crippen MR) is 90.6 cm³/mol. The zero-order valence-electron chi connectivity index (χ0n) is 12.8. The molecule has 0 saturated carbocycles. The van der Waals surface area contributed by atoms with Gasteiger partial charge in [-0.15, -0.1) is 0 Å². The van der Waals surface area contributed by atoms with Crippen molar-refractivity contribution in [1.82, 2.24) is 9.71 Å². The van der Waals surface area contributed by atoms with Gasteiger partial charge in [-0.2, -0.15) is 0 Å². The Kier molecular flexibility index (Phi) is 4.82.